The van der Waals surface area contributed by atoms with Gasteiger partial charge in [0, 0.05) is 35.9 Å². The minimum atomic E-state index is -4.63. The van der Waals surface area contributed by atoms with Gasteiger partial charge in [-0.2, -0.15) is 13.2 Å². The Morgan fingerprint density at radius 2 is 2.00 bits per heavy atom. The van der Waals surface area contributed by atoms with E-state index in [1.165, 1.54) is 18.2 Å². The predicted octanol–water partition coefficient (Wildman–Crippen LogP) is 4.25. The molecule has 1 aromatic carbocycles. The van der Waals surface area contributed by atoms with Gasteiger partial charge in [0.25, 0.3) is 0 Å². The molecular weight excluding hydrogens is 411 g/mol. The maximum atomic E-state index is 13.8. The highest BCUT2D eigenvalue weighted by Gasteiger charge is 2.47. The average molecular weight is 435 g/mol. The predicted molar refractivity (Wildman–Crippen MR) is 106 cm³/mol. The number of Topliss-reactive ketones (excluding diaryl/α,β-unsaturated/α-hetero) is 1. The van der Waals surface area contributed by atoms with Crippen LogP contribution in [0.15, 0.2) is 47.8 Å². The van der Waals surface area contributed by atoms with Crippen LogP contribution < -0.4 is 5.32 Å². The lowest BCUT2D eigenvalue weighted by molar-refractivity contribution is -0.152. The lowest BCUT2D eigenvalue weighted by Crippen LogP contribution is -2.42. The Morgan fingerprint density at radius 3 is 2.71 bits per heavy atom. The van der Waals surface area contributed by atoms with Crippen molar-refractivity contribution in [3.63, 3.8) is 0 Å². The van der Waals surface area contributed by atoms with E-state index >= 15 is 0 Å². The van der Waals surface area contributed by atoms with Gasteiger partial charge in [-0.25, -0.2) is 0 Å². The fourth-order valence-corrected chi connectivity index (χ4v) is 4.67. The molecule has 1 aromatic rings. The minimum absolute atomic E-state index is 0.0239. The number of hydrogen-bond donors (Lipinski definition) is 1. The van der Waals surface area contributed by atoms with E-state index in [0.29, 0.717) is 25.1 Å². The number of carbonyl (C=O) groups excluding carboxylic acids is 2. The van der Waals surface area contributed by atoms with Crippen molar-refractivity contribution in [2.24, 2.45) is 5.92 Å². The van der Waals surface area contributed by atoms with Crippen molar-refractivity contribution >= 4 is 11.8 Å². The first-order valence-corrected chi connectivity index (χ1v) is 10.4. The Hall–Kier alpha value is -2.61. The number of nitrogens with one attached hydrogen (secondary N) is 1. The number of ketones is 1. The second kappa shape index (κ2) is 8.49. The maximum Gasteiger partial charge on any atom is 0.416 e. The van der Waals surface area contributed by atoms with Crippen LogP contribution in [0.25, 0.3) is 0 Å². The van der Waals surface area contributed by atoms with E-state index in [2.05, 4.69) is 11.9 Å². The first kappa shape index (κ1) is 21.6. The Bertz CT molecular complexity index is 931. The van der Waals surface area contributed by atoms with Crippen molar-refractivity contribution in [3.05, 3.63) is 58.9 Å². The molecule has 5 nitrogen and oxygen atoms in total. The van der Waals surface area contributed by atoms with Crippen molar-refractivity contribution < 1.29 is 32.2 Å². The lowest BCUT2D eigenvalue weighted by atomic mass is 9.70. The standard InChI is InChI=1S/C23H24F3NO4/c1-13-19(22(29)31-12-14-6-5-11-30-14)20(21-17(27-13)9-4-10-18(21)28)15-7-2-3-8-16(15)23(24,25)26/h2-3,7-8,14,19-20,27H,1,4-6,9-12H2. The van der Waals surface area contributed by atoms with Gasteiger partial charge in [-0.3, -0.25) is 9.59 Å². The highest BCUT2D eigenvalue weighted by atomic mass is 19.4. The van der Waals surface area contributed by atoms with Crippen molar-refractivity contribution in [1.82, 2.24) is 5.32 Å². The zero-order valence-electron chi connectivity index (χ0n) is 17.0. The fourth-order valence-electron chi connectivity index (χ4n) is 4.67. The molecule has 1 saturated heterocycles. The van der Waals surface area contributed by atoms with Crippen molar-refractivity contribution in [3.8, 4) is 0 Å². The SMILES string of the molecule is C=C1NC2=C(C(=O)CCC2)C(c2ccccc2C(F)(F)F)C1C(=O)OCC1CCCO1. The molecule has 2 aliphatic heterocycles. The molecule has 0 spiro atoms. The molecule has 166 valence electrons. The summed E-state index contributed by atoms with van der Waals surface area (Å²) >= 11 is 0. The molecule has 3 unspecified atom stereocenters. The van der Waals surface area contributed by atoms with E-state index in [9.17, 15) is 22.8 Å². The van der Waals surface area contributed by atoms with Crippen LogP contribution in [0.3, 0.4) is 0 Å². The topological polar surface area (TPSA) is 64.6 Å². The zero-order valence-corrected chi connectivity index (χ0v) is 17.0. The van der Waals surface area contributed by atoms with E-state index in [0.717, 1.165) is 18.9 Å². The first-order chi connectivity index (χ1) is 14.8. The molecule has 0 amide bonds. The zero-order chi connectivity index (χ0) is 22.2. The average Bonchev–Trinajstić information content (AvgIpc) is 3.24. The van der Waals surface area contributed by atoms with E-state index < -0.39 is 29.5 Å². The van der Waals surface area contributed by atoms with Gasteiger partial charge in [0.2, 0.25) is 0 Å². The number of ether oxygens (including phenoxy) is 2. The second-order valence-electron chi connectivity index (χ2n) is 8.12. The third kappa shape index (κ3) is 4.26. The van der Waals surface area contributed by atoms with E-state index in [1.807, 2.05) is 0 Å². The number of halogens is 3. The summed E-state index contributed by atoms with van der Waals surface area (Å²) in [4.78, 5) is 25.9. The molecule has 1 N–H and O–H groups in total. The molecule has 3 atom stereocenters. The molecule has 8 heteroatoms. The van der Waals surface area contributed by atoms with Crippen molar-refractivity contribution in [1.29, 1.82) is 0 Å². The molecule has 0 aromatic heterocycles. The van der Waals surface area contributed by atoms with Gasteiger partial charge in [-0.05, 0) is 37.3 Å². The van der Waals surface area contributed by atoms with Gasteiger partial charge in [0.15, 0.2) is 5.78 Å². The summed E-state index contributed by atoms with van der Waals surface area (Å²) in [5, 5.41) is 3.02. The number of benzene rings is 1. The summed E-state index contributed by atoms with van der Waals surface area (Å²) in [6, 6.07) is 5.09. The first-order valence-electron chi connectivity index (χ1n) is 10.4. The summed E-state index contributed by atoms with van der Waals surface area (Å²) in [5.74, 6) is -3.21. The third-order valence-electron chi connectivity index (χ3n) is 6.08. The Labute approximate surface area is 178 Å². The normalized spacial score (nSPS) is 26.5. The molecule has 2 heterocycles. The van der Waals surface area contributed by atoms with E-state index in [-0.39, 0.29) is 41.7 Å². The minimum Gasteiger partial charge on any atom is -0.462 e. The Morgan fingerprint density at radius 1 is 1.23 bits per heavy atom. The number of hydrogen-bond acceptors (Lipinski definition) is 5. The largest absolute Gasteiger partial charge is 0.462 e. The van der Waals surface area contributed by atoms with Crippen LogP contribution in [0.4, 0.5) is 13.2 Å². The number of esters is 1. The van der Waals surface area contributed by atoms with E-state index in [4.69, 9.17) is 9.47 Å². The number of alkyl halides is 3. The van der Waals surface area contributed by atoms with Gasteiger partial charge in [-0.1, -0.05) is 24.8 Å². The quantitative estimate of drug-likeness (QED) is 0.717. The maximum absolute atomic E-state index is 13.8. The van der Waals surface area contributed by atoms with Crippen molar-refractivity contribution in [2.45, 2.75) is 50.3 Å². The van der Waals surface area contributed by atoms with Crippen LogP contribution in [-0.4, -0.2) is 31.1 Å². The molecule has 0 radical (unpaired) electrons. The highest BCUT2D eigenvalue weighted by Crippen LogP contribution is 2.47. The van der Waals surface area contributed by atoms with Crippen LogP contribution in [0.5, 0.6) is 0 Å². The lowest BCUT2D eigenvalue weighted by Gasteiger charge is -2.39. The van der Waals surface area contributed by atoms with E-state index in [1.54, 1.807) is 0 Å². The van der Waals surface area contributed by atoms with Gasteiger partial charge < -0.3 is 14.8 Å². The van der Waals surface area contributed by atoms with Crippen LogP contribution >= 0.6 is 0 Å². The Balaban J connectivity index is 1.76. The number of carbonyl (C=O) groups is 2. The van der Waals surface area contributed by atoms with Crippen molar-refractivity contribution in [2.75, 3.05) is 13.2 Å². The molecule has 0 saturated carbocycles. The van der Waals surface area contributed by atoms with Gasteiger partial charge >= 0.3 is 12.1 Å². The molecule has 4 rings (SSSR count). The van der Waals surface area contributed by atoms with Gasteiger partial charge in [-0.15, -0.1) is 0 Å². The summed E-state index contributed by atoms with van der Waals surface area (Å²) in [6.45, 7) is 4.52. The van der Waals surface area contributed by atoms with Crippen LogP contribution in [0.2, 0.25) is 0 Å². The summed E-state index contributed by atoms with van der Waals surface area (Å²) < 4.78 is 52.4. The summed E-state index contributed by atoms with van der Waals surface area (Å²) in [5.41, 5.74) is 0.0462. The molecular formula is C23H24F3NO4. The fraction of sp³-hybridized carbons (Fsp3) is 0.478. The Kier molecular flexibility index (Phi) is 5.92. The van der Waals surface area contributed by atoms with Crippen LogP contribution in [-0.2, 0) is 25.2 Å². The molecule has 1 aliphatic carbocycles. The van der Waals surface area contributed by atoms with Gasteiger partial charge in [0.05, 0.1) is 11.7 Å². The van der Waals surface area contributed by atoms with Crippen LogP contribution in [0.1, 0.15) is 49.1 Å². The number of allylic oxidation sites excluding steroid dienone is 2. The summed E-state index contributed by atoms with van der Waals surface area (Å²) in [7, 11) is 0. The second-order valence-corrected chi connectivity index (χ2v) is 8.12. The van der Waals surface area contributed by atoms with Crippen LogP contribution in [0, 0.1) is 5.92 Å². The molecule has 1 fully saturated rings. The molecule has 0 bridgehead atoms. The highest BCUT2D eigenvalue weighted by molar-refractivity contribution is 6.00. The number of rotatable bonds is 4. The molecule has 31 heavy (non-hydrogen) atoms. The third-order valence-corrected chi connectivity index (χ3v) is 6.08. The molecule has 3 aliphatic rings. The monoisotopic (exact) mass is 435 g/mol. The summed E-state index contributed by atoms with van der Waals surface area (Å²) in [6.07, 6.45) is -1.89. The van der Waals surface area contributed by atoms with Gasteiger partial charge in [0.1, 0.15) is 12.5 Å². The smallest absolute Gasteiger partial charge is 0.416 e.